The molecule has 0 radical (unpaired) electrons. The highest BCUT2D eigenvalue weighted by Gasteiger charge is 2.31. The Morgan fingerprint density at radius 3 is 2.76 bits per heavy atom. The fourth-order valence-electron chi connectivity index (χ4n) is 1.05. The van der Waals surface area contributed by atoms with Crippen molar-refractivity contribution in [2.24, 2.45) is 5.41 Å². The molecule has 1 rings (SSSR count). The van der Waals surface area contributed by atoms with Crippen LogP contribution in [0.5, 0.6) is 0 Å². The molecule has 0 spiro atoms. The number of nitrogens with one attached hydrogen (secondary N) is 2. The van der Waals surface area contributed by atoms with Crippen LogP contribution < -0.4 is 10.6 Å². The van der Waals surface area contributed by atoms with Gasteiger partial charge >= 0.3 is 12.0 Å². The predicted molar refractivity (Wildman–Crippen MR) is 65.2 cm³/mol. The van der Waals surface area contributed by atoms with Crippen molar-refractivity contribution in [2.75, 3.05) is 11.9 Å². The molecule has 1 atom stereocenters. The van der Waals surface area contributed by atoms with Crippen molar-refractivity contribution < 1.29 is 14.7 Å². The lowest BCUT2D eigenvalue weighted by atomic mass is 9.88. The molecular formula is C10H15N3O3S. The van der Waals surface area contributed by atoms with Gasteiger partial charge in [-0.25, -0.2) is 9.78 Å². The molecule has 0 saturated carbocycles. The summed E-state index contributed by atoms with van der Waals surface area (Å²) in [6, 6.07) is -0.444. The number of carboxylic acid groups (broad SMARTS) is 1. The van der Waals surface area contributed by atoms with Crippen LogP contribution in [0.15, 0.2) is 11.6 Å². The van der Waals surface area contributed by atoms with Gasteiger partial charge in [-0.05, 0) is 13.3 Å². The Hall–Kier alpha value is -1.63. The monoisotopic (exact) mass is 257 g/mol. The van der Waals surface area contributed by atoms with Gasteiger partial charge in [0.15, 0.2) is 5.13 Å². The van der Waals surface area contributed by atoms with E-state index in [1.54, 1.807) is 25.4 Å². The Kier molecular flexibility index (Phi) is 4.45. The van der Waals surface area contributed by atoms with E-state index >= 15 is 0 Å². The zero-order chi connectivity index (χ0) is 12.9. The van der Waals surface area contributed by atoms with Crippen molar-refractivity contribution in [3.05, 3.63) is 11.6 Å². The molecular weight excluding hydrogens is 242 g/mol. The molecule has 1 aromatic rings. The van der Waals surface area contributed by atoms with Crippen LogP contribution in [0.4, 0.5) is 9.93 Å². The highest BCUT2D eigenvalue weighted by atomic mass is 32.1. The van der Waals surface area contributed by atoms with E-state index in [9.17, 15) is 9.59 Å². The van der Waals surface area contributed by atoms with Crippen molar-refractivity contribution in [1.29, 1.82) is 0 Å². The molecule has 2 amide bonds. The summed E-state index contributed by atoms with van der Waals surface area (Å²) < 4.78 is 0. The standard InChI is InChI=1S/C10H15N3O3S/c1-3-10(2,7(14)15)6-12-8(16)13-9-11-4-5-17-9/h4-5H,3,6H2,1-2H3,(H,14,15)(H2,11,12,13,16). The summed E-state index contributed by atoms with van der Waals surface area (Å²) in [4.78, 5) is 26.3. The molecule has 6 nitrogen and oxygen atoms in total. The minimum absolute atomic E-state index is 0.0794. The molecule has 94 valence electrons. The maximum Gasteiger partial charge on any atom is 0.321 e. The van der Waals surface area contributed by atoms with Crippen molar-refractivity contribution in [3.63, 3.8) is 0 Å². The molecule has 0 aliphatic rings. The number of thiazole rings is 1. The van der Waals surface area contributed by atoms with Crippen molar-refractivity contribution in [3.8, 4) is 0 Å². The van der Waals surface area contributed by atoms with E-state index in [-0.39, 0.29) is 6.54 Å². The lowest BCUT2D eigenvalue weighted by Gasteiger charge is -2.23. The smallest absolute Gasteiger partial charge is 0.321 e. The molecule has 1 heterocycles. The van der Waals surface area contributed by atoms with Crippen LogP contribution in [-0.4, -0.2) is 28.6 Å². The van der Waals surface area contributed by atoms with E-state index in [2.05, 4.69) is 15.6 Å². The molecule has 0 aliphatic heterocycles. The summed E-state index contributed by atoms with van der Waals surface area (Å²) in [7, 11) is 0. The number of aliphatic carboxylic acids is 1. The minimum atomic E-state index is -0.944. The number of urea groups is 1. The maximum absolute atomic E-state index is 11.4. The summed E-state index contributed by atoms with van der Waals surface area (Å²) in [5.74, 6) is -0.922. The predicted octanol–water partition coefficient (Wildman–Crippen LogP) is 1.77. The van der Waals surface area contributed by atoms with Crippen molar-refractivity contribution in [2.45, 2.75) is 20.3 Å². The maximum atomic E-state index is 11.4. The first kappa shape index (κ1) is 13.4. The highest BCUT2D eigenvalue weighted by Crippen LogP contribution is 2.20. The summed E-state index contributed by atoms with van der Waals surface area (Å²) in [6.45, 7) is 3.45. The van der Waals surface area contributed by atoms with Crippen LogP contribution in [0.3, 0.4) is 0 Å². The quantitative estimate of drug-likeness (QED) is 0.749. The van der Waals surface area contributed by atoms with E-state index in [4.69, 9.17) is 5.11 Å². The van der Waals surface area contributed by atoms with Crippen molar-refractivity contribution >= 4 is 28.5 Å². The number of amides is 2. The van der Waals surface area contributed by atoms with Gasteiger partial charge in [0.05, 0.1) is 5.41 Å². The zero-order valence-electron chi connectivity index (χ0n) is 9.69. The van der Waals surface area contributed by atoms with Gasteiger partial charge in [0.2, 0.25) is 0 Å². The Morgan fingerprint density at radius 1 is 1.59 bits per heavy atom. The van der Waals surface area contributed by atoms with Gasteiger partial charge in [0, 0.05) is 18.1 Å². The van der Waals surface area contributed by atoms with Crippen LogP contribution in [0.2, 0.25) is 0 Å². The fraction of sp³-hybridized carbons (Fsp3) is 0.500. The van der Waals surface area contributed by atoms with Gasteiger partial charge in [-0.3, -0.25) is 10.1 Å². The third-order valence-electron chi connectivity index (χ3n) is 2.59. The highest BCUT2D eigenvalue weighted by molar-refractivity contribution is 7.13. The largest absolute Gasteiger partial charge is 0.481 e. The lowest BCUT2D eigenvalue weighted by Crippen LogP contribution is -2.42. The second kappa shape index (κ2) is 5.62. The number of carbonyl (C=O) groups excluding carboxylic acids is 1. The Morgan fingerprint density at radius 2 is 2.29 bits per heavy atom. The second-order valence-electron chi connectivity index (χ2n) is 3.86. The van der Waals surface area contributed by atoms with E-state index < -0.39 is 17.4 Å². The molecule has 0 fully saturated rings. The number of carbonyl (C=O) groups is 2. The molecule has 0 aliphatic carbocycles. The normalized spacial score (nSPS) is 13.8. The van der Waals surface area contributed by atoms with Gasteiger partial charge in [-0.1, -0.05) is 6.92 Å². The zero-order valence-corrected chi connectivity index (χ0v) is 10.5. The SMILES string of the molecule is CCC(C)(CNC(=O)Nc1nccs1)C(=O)O. The van der Waals surface area contributed by atoms with Crippen LogP contribution in [0, 0.1) is 5.41 Å². The van der Waals surface area contributed by atoms with Crippen molar-refractivity contribution in [1.82, 2.24) is 10.3 Å². The molecule has 1 unspecified atom stereocenters. The Balaban J connectivity index is 2.45. The second-order valence-corrected chi connectivity index (χ2v) is 4.76. The van der Waals surface area contributed by atoms with E-state index in [1.165, 1.54) is 11.3 Å². The third kappa shape index (κ3) is 3.70. The first-order valence-electron chi connectivity index (χ1n) is 5.15. The number of nitrogens with zero attached hydrogens (tertiary/aromatic N) is 1. The number of rotatable bonds is 5. The number of hydrogen-bond donors (Lipinski definition) is 3. The topological polar surface area (TPSA) is 91.3 Å². The first-order chi connectivity index (χ1) is 7.98. The number of aromatic nitrogens is 1. The summed E-state index contributed by atoms with van der Waals surface area (Å²) in [5, 5.41) is 16.3. The summed E-state index contributed by atoms with van der Waals surface area (Å²) in [5.41, 5.74) is -0.944. The van der Waals surface area contributed by atoms with Gasteiger partial charge in [0.25, 0.3) is 0 Å². The third-order valence-corrected chi connectivity index (χ3v) is 3.28. The molecule has 1 aromatic heterocycles. The van der Waals surface area contributed by atoms with Gasteiger partial charge in [-0.15, -0.1) is 11.3 Å². The summed E-state index contributed by atoms with van der Waals surface area (Å²) >= 11 is 1.30. The molecule has 0 bridgehead atoms. The average Bonchev–Trinajstić information content (AvgIpc) is 2.78. The van der Waals surface area contributed by atoms with E-state index in [0.717, 1.165) is 0 Å². The van der Waals surface area contributed by atoms with Crippen LogP contribution in [0.1, 0.15) is 20.3 Å². The van der Waals surface area contributed by atoms with Crippen LogP contribution >= 0.6 is 11.3 Å². The molecule has 3 N–H and O–H groups in total. The first-order valence-corrected chi connectivity index (χ1v) is 6.03. The number of anilines is 1. The molecule has 7 heteroatoms. The molecule has 0 saturated heterocycles. The minimum Gasteiger partial charge on any atom is -0.481 e. The van der Waals surface area contributed by atoms with E-state index in [1.807, 2.05) is 0 Å². The van der Waals surface area contributed by atoms with Crippen LogP contribution in [0.25, 0.3) is 0 Å². The van der Waals surface area contributed by atoms with Crippen LogP contribution in [-0.2, 0) is 4.79 Å². The lowest BCUT2D eigenvalue weighted by molar-refractivity contribution is -0.147. The Labute approximate surface area is 103 Å². The number of hydrogen-bond acceptors (Lipinski definition) is 4. The molecule has 17 heavy (non-hydrogen) atoms. The molecule has 0 aromatic carbocycles. The van der Waals surface area contributed by atoms with Gasteiger partial charge < -0.3 is 10.4 Å². The average molecular weight is 257 g/mol. The van der Waals surface area contributed by atoms with Gasteiger partial charge in [-0.2, -0.15) is 0 Å². The van der Waals surface area contributed by atoms with E-state index in [0.29, 0.717) is 11.6 Å². The number of carboxylic acids is 1. The fourth-order valence-corrected chi connectivity index (χ4v) is 1.58. The van der Waals surface area contributed by atoms with Gasteiger partial charge in [0.1, 0.15) is 0 Å². The summed E-state index contributed by atoms with van der Waals surface area (Å²) in [6.07, 6.45) is 2.02. The Bertz CT molecular complexity index is 394.